The number of nitrogens with two attached hydrogens (primary N) is 1. The van der Waals surface area contributed by atoms with Crippen molar-refractivity contribution < 1.29 is 4.39 Å². The largest absolute Gasteiger partial charge is 0.386 e. The molecule has 0 saturated carbocycles. The topological polar surface area (TPSA) is 61.9 Å². The molecule has 0 aromatic carbocycles. The van der Waals surface area contributed by atoms with Gasteiger partial charge < -0.3 is 11.1 Å². The summed E-state index contributed by atoms with van der Waals surface area (Å²) >= 11 is 0. The Labute approximate surface area is 66.0 Å². The monoisotopic (exact) mass is 159 g/mol. The van der Waals surface area contributed by atoms with E-state index in [-0.39, 0.29) is 12.4 Å². The predicted octanol–water partition coefficient (Wildman–Crippen LogP) is 0.774. The summed E-state index contributed by atoms with van der Waals surface area (Å²) in [7, 11) is 0. The van der Waals surface area contributed by atoms with E-state index in [1.54, 1.807) is 6.92 Å². The van der Waals surface area contributed by atoms with Crippen molar-refractivity contribution in [2.75, 3.05) is 6.54 Å². The SMILES string of the molecule is C/C(=C/C(=N)N)NCC(C)F. The lowest BCUT2D eigenvalue weighted by molar-refractivity contribution is 0.354. The van der Waals surface area contributed by atoms with Crippen LogP contribution in [0.5, 0.6) is 0 Å². The van der Waals surface area contributed by atoms with Crippen molar-refractivity contribution in [3.05, 3.63) is 11.8 Å². The Hall–Kier alpha value is -1.06. The fourth-order valence-corrected chi connectivity index (χ4v) is 0.586. The quantitative estimate of drug-likeness (QED) is 0.419. The molecule has 0 heterocycles. The second kappa shape index (κ2) is 4.71. The van der Waals surface area contributed by atoms with Crippen LogP contribution in [-0.4, -0.2) is 18.6 Å². The summed E-state index contributed by atoms with van der Waals surface area (Å²) in [6.07, 6.45) is 0.563. The Kier molecular flexibility index (Phi) is 4.26. The third kappa shape index (κ3) is 6.83. The van der Waals surface area contributed by atoms with Crippen LogP contribution in [0.4, 0.5) is 4.39 Å². The summed E-state index contributed by atoms with van der Waals surface area (Å²) in [5, 5.41) is 9.66. The maximum atomic E-state index is 12.2. The number of halogens is 1. The van der Waals surface area contributed by atoms with Gasteiger partial charge in [0.05, 0.1) is 0 Å². The number of allylic oxidation sites excluding steroid dienone is 1. The third-order valence-corrected chi connectivity index (χ3v) is 1.03. The van der Waals surface area contributed by atoms with Crippen LogP contribution in [0.25, 0.3) is 0 Å². The van der Waals surface area contributed by atoms with Gasteiger partial charge in [-0.1, -0.05) is 0 Å². The minimum absolute atomic E-state index is 0.0264. The van der Waals surface area contributed by atoms with E-state index in [1.807, 2.05) is 0 Å². The first-order valence-electron chi connectivity index (χ1n) is 3.42. The van der Waals surface area contributed by atoms with Crippen LogP contribution in [0.1, 0.15) is 13.8 Å². The average Bonchev–Trinajstić information content (AvgIpc) is 1.82. The van der Waals surface area contributed by atoms with Crippen LogP contribution >= 0.6 is 0 Å². The second-order valence-electron chi connectivity index (χ2n) is 2.44. The van der Waals surface area contributed by atoms with Gasteiger partial charge in [0.25, 0.3) is 0 Å². The van der Waals surface area contributed by atoms with Crippen molar-refractivity contribution in [2.24, 2.45) is 5.73 Å². The zero-order valence-corrected chi connectivity index (χ0v) is 6.82. The molecule has 0 saturated heterocycles. The van der Waals surface area contributed by atoms with E-state index in [4.69, 9.17) is 11.1 Å². The average molecular weight is 159 g/mol. The third-order valence-electron chi connectivity index (χ3n) is 1.03. The van der Waals surface area contributed by atoms with Gasteiger partial charge in [0, 0.05) is 12.2 Å². The number of hydrogen-bond donors (Lipinski definition) is 3. The summed E-state index contributed by atoms with van der Waals surface area (Å²) < 4.78 is 12.2. The Morgan fingerprint density at radius 2 is 2.36 bits per heavy atom. The van der Waals surface area contributed by atoms with E-state index in [9.17, 15) is 4.39 Å². The summed E-state index contributed by atoms with van der Waals surface area (Å²) in [6, 6.07) is 0. The van der Waals surface area contributed by atoms with Gasteiger partial charge >= 0.3 is 0 Å². The minimum atomic E-state index is -0.884. The first kappa shape index (κ1) is 9.94. The Morgan fingerprint density at radius 1 is 1.82 bits per heavy atom. The lowest BCUT2D eigenvalue weighted by Gasteiger charge is -2.05. The highest BCUT2D eigenvalue weighted by atomic mass is 19.1. The van der Waals surface area contributed by atoms with Crippen molar-refractivity contribution >= 4 is 5.84 Å². The molecule has 11 heavy (non-hydrogen) atoms. The number of alkyl halides is 1. The molecular formula is C7H14FN3. The molecule has 4 heteroatoms. The summed E-state index contributed by atoms with van der Waals surface area (Å²) in [5.74, 6) is -0.0264. The molecule has 0 aliphatic heterocycles. The zero-order valence-electron chi connectivity index (χ0n) is 6.82. The van der Waals surface area contributed by atoms with Gasteiger partial charge in [-0.25, -0.2) is 4.39 Å². The first-order valence-corrected chi connectivity index (χ1v) is 3.42. The molecule has 0 radical (unpaired) electrons. The van der Waals surface area contributed by atoms with Crippen LogP contribution in [0.3, 0.4) is 0 Å². The van der Waals surface area contributed by atoms with E-state index in [2.05, 4.69) is 5.32 Å². The predicted molar refractivity (Wildman–Crippen MR) is 44.2 cm³/mol. The van der Waals surface area contributed by atoms with E-state index < -0.39 is 6.17 Å². The molecule has 0 aromatic heterocycles. The zero-order chi connectivity index (χ0) is 8.85. The van der Waals surface area contributed by atoms with Gasteiger partial charge in [-0.15, -0.1) is 0 Å². The fourth-order valence-electron chi connectivity index (χ4n) is 0.586. The normalized spacial score (nSPS) is 14.3. The van der Waals surface area contributed by atoms with Crippen molar-refractivity contribution in [3.63, 3.8) is 0 Å². The van der Waals surface area contributed by atoms with Crippen LogP contribution < -0.4 is 11.1 Å². The van der Waals surface area contributed by atoms with E-state index in [1.165, 1.54) is 13.0 Å². The second-order valence-corrected chi connectivity index (χ2v) is 2.44. The van der Waals surface area contributed by atoms with E-state index in [0.29, 0.717) is 5.70 Å². The molecule has 0 amide bonds. The lowest BCUT2D eigenvalue weighted by atomic mass is 10.3. The van der Waals surface area contributed by atoms with Crippen molar-refractivity contribution in [1.82, 2.24) is 5.32 Å². The minimum Gasteiger partial charge on any atom is -0.386 e. The Balaban J connectivity index is 3.68. The number of rotatable bonds is 4. The van der Waals surface area contributed by atoms with Gasteiger partial charge in [-0.2, -0.15) is 0 Å². The first-order chi connectivity index (χ1) is 5.02. The molecule has 64 valence electrons. The molecule has 0 aliphatic rings. The molecule has 0 aromatic rings. The van der Waals surface area contributed by atoms with E-state index >= 15 is 0 Å². The number of hydrogen-bond acceptors (Lipinski definition) is 2. The lowest BCUT2D eigenvalue weighted by Crippen LogP contribution is -2.21. The Bertz CT molecular complexity index is 163. The van der Waals surface area contributed by atoms with Gasteiger partial charge in [0.1, 0.15) is 12.0 Å². The molecule has 0 fully saturated rings. The van der Waals surface area contributed by atoms with E-state index in [0.717, 1.165) is 0 Å². The molecule has 0 spiro atoms. The highest BCUT2D eigenvalue weighted by molar-refractivity contribution is 5.88. The maximum Gasteiger partial charge on any atom is 0.117 e. The molecule has 0 aliphatic carbocycles. The van der Waals surface area contributed by atoms with Crippen molar-refractivity contribution in [2.45, 2.75) is 20.0 Å². The Morgan fingerprint density at radius 3 is 2.73 bits per heavy atom. The molecule has 0 rings (SSSR count). The van der Waals surface area contributed by atoms with Gasteiger partial charge in [-0.3, -0.25) is 5.41 Å². The smallest absolute Gasteiger partial charge is 0.117 e. The highest BCUT2D eigenvalue weighted by Crippen LogP contribution is 1.89. The number of amidine groups is 1. The summed E-state index contributed by atoms with van der Waals surface area (Å²) in [5.41, 5.74) is 5.78. The number of nitrogens with one attached hydrogen (secondary N) is 2. The molecule has 0 bridgehead atoms. The molecular weight excluding hydrogens is 145 g/mol. The van der Waals surface area contributed by atoms with Crippen molar-refractivity contribution in [1.29, 1.82) is 5.41 Å². The van der Waals surface area contributed by atoms with Crippen LogP contribution in [0, 0.1) is 5.41 Å². The van der Waals surface area contributed by atoms with Gasteiger partial charge in [-0.05, 0) is 19.9 Å². The molecule has 1 unspecified atom stereocenters. The maximum absolute atomic E-state index is 12.2. The molecule has 3 nitrogen and oxygen atoms in total. The highest BCUT2D eigenvalue weighted by Gasteiger charge is 1.96. The van der Waals surface area contributed by atoms with Gasteiger partial charge in [0.2, 0.25) is 0 Å². The van der Waals surface area contributed by atoms with Crippen LogP contribution in [0.2, 0.25) is 0 Å². The summed E-state index contributed by atoms with van der Waals surface area (Å²) in [4.78, 5) is 0. The standard InChI is InChI=1S/C7H14FN3/c1-5(8)4-11-6(2)3-7(9)10/h3,5,11H,4H2,1-2H3,(H3,9,10)/b6-3-. The van der Waals surface area contributed by atoms with Gasteiger partial charge in [0.15, 0.2) is 0 Å². The molecule has 4 N–H and O–H groups in total. The summed E-state index contributed by atoms with van der Waals surface area (Å²) in [6.45, 7) is 3.47. The van der Waals surface area contributed by atoms with Crippen LogP contribution in [-0.2, 0) is 0 Å². The van der Waals surface area contributed by atoms with Crippen molar-refractivity contribution in [3.8, 4) is 0 Å². The molecule has 1 atom stereocenters. The fraction of sp³-hybridized carbons (Fsp3) is 0.571. The van der Waals surface area contributed by atoms with Crippen LogP contribution in [0.15, 0.2) is 11.8 Å².